The van der Waals surface area contributed by atoms with Gasteiger partial charge in [-0.05, 0) is 32.1 Å². The summed E-state index contributed by atoms with van der Waals surface area (Å²) in [6.45, 7) is 7.99. The van der Waals surface area contributed by atoms with Crippen LogP contribution in [-0.4, -0.2) is 65.0 Å². The second-order valence-electron chi connectivity index (χ2n) is 9.89. The molecule has 1 saturated heterocycles. The fourth-order valence-electron chi connectivity index (χ4n) is 5.68. The van der Waals surface area contributed by atoms with Crippen molar-refractivity contribution in [1.29, 1.82) is 5.26 Å². The van der Waals surface area contributed by atoms with Crippen LogP contribution in [0.1, 0.15) is 31.0 Å². The van der Waals surface area contributed by atoms with Crippen molar-refractivity contribution in [3.63, 3.8) is 0 Å². The molecule has 0 saturated carbocycles. The molecule has 0 aliphatic carbocycles. The van der Waals surface area contributed by atoms with E-state index >= 15 is 0 Å². The molecule has 8 nitrogen and oxygen atoms in total. The van der Waals surface area contributed by atoms with Gasteiger partial charge in [-0.1, -0.05) is 6.58 Å². The molecular formula is C27H26F3N5O3S2. The summed E-state index contributed by atoms with van der Waals surface area (Å²) >= 11 is 2.30. The number of thioether (sulfide) groups is 1. The lowest BCUT2D eigenvalue weighted by atomic mass is 9.99. The highest BCUT2D eigenvalue weighted by atomic mass is 32.2. The molecule has 4 heterocycles. The number of hydrogen-bond donors (Lipinski definition) is 0. The van der Waals surface area contributed by atoms with E-state index in [1.807, 2.05) is 19.9 Å². The molecule has 0 unspecified atom stereocenters. The SMILES string of the molecule is C=CC(=O)N1[C@H](C)CN(c2nc(=O)n3c4c(c(-c5cc(C#N)cs5)c(C(F)(F)F)cc24)SC[C@@H]3COC)C[C@@H]1C. The van der Waals surface area contributed by atoms with Gasteiger partial charge < -0.3 is 14.5 Å². The van der Waals surface area contributed by atoms with Crippen LogP contribution in [0.4, 0.5) is 19.0 Å². The van der Waals surface area contributed by atoms with Crippen molar-refractivity contribution in [1.82, 2.24) is 14.5 Å². The van der Waals surface area contributed by atoms with Crippen LogP contribution in [0.15, 0.2) is 39.9 Å². The quantitative estimate of drug-likeness (QED) is 0.390. The van der Waals surface area contributed by atoms with Gasteiger partial charge in [0.15, 0.2) is 0 Å². The Labute approximate surface area is 236 Å². The molecule has 2 aliphatic rings. The molecule has 0 radical (unpaired) electrons. The van der Waals surface area contributed by atoms with Gasteiger partial charge in [-0.3, -0.25) is 9.36 Å². The van der Waals surface area contributed by atoms with Gasteiger partial charge in [0.25, 0.3) is 0 Å². The third kappa shape index (κ3) is 4.67. The molecule has 210 valence electrons. The zero-order chi connectivity index (χ0) is 28.9. The minimum absolute atomic E-state index is 0.0409. The number of carbonyl (C=O) groups is 1. The molecule has 13 heteroatoms. The first kappa shape index (κ1) is 28.2. The zero-order valence-corrected chi connectivity index (χ0v) is 23.6. The Kier molecular flexibility index (Phi) is 7.45. The maximum absolute atomic E-state index is 14.7. The zero-order valence-electron chi connectivity index (χ0n) is 22.0. The van der Waals surface area contributed by atoms with Gasteiger partial charge in [-0.2, -0.15) is 23.4 Å². The van der Waals surface area contributed by atoms with E-state index in [0.717, 1.165) is 17.4 Å². The van der Waals surface area contributed by atoms with Crippen molar-refractivity contribution < 1.29 is 22.7 Å². The van der Waals surface area contributed by atoms with Crippen LogP contribution in [0.2, 0.25) is 0 Å². The average Bonchev–Trinajstić information content (AvgIpc) is 3.38. The Morgan fingerprint density at radius 3 is 2.58 bits per heavy atom. The third-order valence-electron chi connectivity index (χ3n) is 7.22. The number of hydrogen-bond acceptors (Lipinski definition) is 8. The molecule has 40 heavy (non-hydrogen) atoms. The number of thiophene rings is 1. The van der Waals surface area contributed by atoms with E-state index in [-0.39, 0.29) is 60.0 Å². The molecule has 0 bridgehead atoms. The smallest absolute Gasteiger partial charge is 0.383 e. The predicted octanol–water partition coefficient (Wildman–Crippen LogP) is 4.92. The van der Waals surface area contributed by atoms with Gasteiger partial charge >= 0.3 is 11.9 Å². The Hall–Kier alpha value is -3.34. The highest BCUT2D eigenvalue weighted by Crippen LogP contribution is 2.51. The Morgan fingerprint density at radius 2 is 2.00 bits per heavy atom. The fourth-order valence-corrected chi connectivity index (χ4v) is 7.95. The highest BCUT2D eigenvalue weighted by molar-refractivity contribution is 7.99. The second kappa shape index (κ2) is 10.6. The number of rotatable bonds is 5. The molecule has 1 fully saturated rings. The van der Waals surface area contributed by atoms with Crippen LogP contribution in [0.25, 0.3) is 21.3 Å². The first-order valence-electron chi connectivity index (χ1n) is 12.5. The van der Waals surface area contributed by atoms with Crippen LogP contribution in [-0.2, 0) is 15.7 Å². The third-order valence-corrected chi connectivity index (χ3v) is 9.40. The predicted molar refractivity (Wildman–Crippen MR) is 149 cm³/mol. The van der Waals surface area contributed by atoms with Gasteiger partial charge in [-0.15, -0.1) is 23.1 Å². The van der Waals surface area contributed by atoms with Crippen molar-refractivity contribution in [3.05, 3.63) is 51.8 Å². The number of benzene rings is 1. The number of amides is 1. The molecule has 3 atom stereocenters. The topological polar surface area (TPSA) is 91.5 Å². The van der Waals surface area contributed by atoms with E-state index in [1.54, 1.807) is 9.80 Å². The summed E-state index contributed by atoms with van der Waals surface area (Å²) in [5, 5.41) is 11.1. The Morgan fingerprint density at radius 1 is 1.30 bits per heavy atom. The monoisotopic (exact) mass is 589 g/mol. The highest BCUT2D eigenvalue weighted by Gasteiger charge is 2.40. The number of alkyl halides is 3. The summed E-state index contributed by atoms with van der Waals surface area (Å²) < 4.78 is 50.9. The number of piperazine rings is 1. The number of anilines is 1. The first-order chi connectivity index (χ1) is 19.0. The van der Waals surface area contributed by atoms with Crippen LogP contribution in [0.3, 0.4) is 0 Å². The number of nitrogens with zero attached hydrogens (tertiary/aromatic N) is 5. The van der Waals surface area contributed by atoms with E-state index in [4.69, 9.17) is 4.74 Å². The molecular weight excluding hydrogens is 563 g/mol. The lowest BCUT2D eigenvalue weighted by Crippen LogP contribution is -2.58. The van der Waals surface area contributed by atoms with Gasteiger partial charge in [0.2, 0.25) is 5.91 Å². The molecule has 2 aromatic heterocycles. The van der Waals surface area contributed by atoms with Crippen LogP contribution >= 0.6 is 23.1 Å². The standard InChI is InChI=1S/C27H26F3N5O3S2/c1-5-21(36)34-14(2)9-33(10-15(34)3)25-18-7-19(27(28,29)30)22(20-6-16(8-31)12-39-20)24-23(18)35(26(37)32-25)17(11-38-4)13-40-24/h5-7,12,14-15,17H,1,9-11,13H2,2-4H3/t14-,15+,17-/m0/s1. The van der Waals surface area contributed by atoms with Gasteiger partial charge in [0.1, 0.15) is 11.9 Å². The first-order valence-corrected chi connectivity index (χ1v) is 14.4. The summed E-state index contributed by atoms with van der Waals surface area (Å²) in [4.78, 5) is 34.5. The van der Waals surface area contributed by atoms with Crippen molar-refractivity contribution in [3.8, 4) is 16.5 Å². The van der Waals surface area contributed by atoms with Gasteiger partial charge in [0.05, 0.1) is 29.3 Å². The molecule has 1 amide bonds. The second-order valence-corrected chi connectivity index (χ2v) is 11.8. The maximum atomic E-state index is 14.7. The average molecular weight is 590 g/mol. The molecule has 2 aliphatic heterocycles. The number of carbonyl (C=O) groups excluding carboxylic acids is 1. The Bertz CT molecular complexity index is 1600. The van der Waals surface area contributed by atoms with E-state index in [0.29, 0.717) is 21.0 Å². The molecule has 5 rings (SSSR count). The van der Waals surface area contributed by atoms with Gasteiger partial charge in [-0.25, -0.2) is 4.79 Å². The van der Waals surface area contributed by atoms with E-state index in [1.165, 1.54) is 41.0 Å². The number of nitriles is 1. The number of ether oxygens (including phenoxy) is 1. The van der Waals surface area contributed by atoms with E-state index in [9.17, 15) is 28.0 Å². The van der Waals surface area contributed by atoms with Crippen LogP contribution < -0.4 is 10.6 Å². The van der Waals surface area contributed by atoms with Crippen LogP contribution in [0.5, 0.6) is 0 Å². The summed E-state index contributed by atoms with van der Waals surface area (Å²) in [5.74, 6) is 0.236. The number of halogens is 3. The molecule has 0 N–H and O–H groups in total. The molecule has 1 aromatic carbocycles. The number of aromatic nitrogens is 2. The van der Waals surface area contributed by atoms with Crippen molar-refractivity contribution in [2.24, 2.45) is 0 Å². The normalized spacial score (nSPS) is 21.0. The fraction of sp³-hybridized carbons (Fsp3) is 0.407. The lowest BCUT2D eigenvalue weighted by molar-refractivity contribution is -0.137. The summed E-state index contributed by atoms with van der Waals surface area (Å²) in [5.41, 5.74) is -0.838. The summed E-state index contributed by atoms with van der Waals surface area (Å²) in [7, 11) is 1.50. The summed E-state index contributed by atoms with van der Waals surface area (Å²) in [6, 6.07) is 3.48. The van der Waals surface area contributed by atoms with E-state index < -0.39 is 23.5 Å². The van der Waals surface area contributed by atoms with Gasteiger partial charge in [0, 0.05) is 64.1 Å². The molecule has 3 aromatic rings. The number of methoxy groups -OCH3 is 1. The largest absolute Gasteiger partial charge is 0.417 e. The van der Waals surface area contributed by atoms with Crippen LogP contribution in [0, 0.1) is 11.3 Å². The lowest BCUT2D eigenvalue weighted by Gasteiger charge is -2.45. The molecule has 0 spiro atoms. The maximum Gasteiger partial charge on any atom is 0.417 e. The van der Waals surface area contributed by atoms with Crippen molar-refractivity contribution >= 4 is 45.7 Å². The minimum Gasteiger partial charge on any atom is -0.383 e. The van der Waals surface area contributed by atoms with E-state index in [2.05, 4.69) is 11.6 Å². The Balaban J connectivity index is 1.81. The summed E-state index contributed by atoms with van der Waals surface area (Å²) in [6.07, 6.45) is -3.48. The minimum atomic E-state index is -4.71. The van der Waals surface area contributed by atoms with Crippen molar-refractivity contribution in [2.45, 2.75) is 43.0 Å². The van der Waals surface area contributed by atoms with Crippen molar-refractivity contribution in [2.75, 3.05) is 37.5 Å².